The Morgan fingerprint density at radius 1 is 1.06 bits per heavy atom. The van der Waals surface area contributed by atoms with Crippen LogP contribution in [-0.2, 0) is 4.74 Å². The number of nitrogens with one attached hydrogen (secondary N) is 2. The number of hydrogen-bond donors (Lipinski definition) is 2. The number of aromatic amines is 1. The third-order valence-electron chi connectivity index (χ3n) is 5.40. The van der Waals surface area contributed by atoms with Gasteiger partial charge in [0.25, 0.3) is 0 Å². The highest BCUT2D eigenvalue weighted by Gasteiger charge is 2.13. The maximum absolute atomic E-state index is 5.88. The monoisotopic (exact) mass is 443 g/mol. The van der Waals surface area contributed by atoms with Crippen molar-refractivity contribution < 1.29 is 9.47 Å². The SMILES string of the molecule is c1cncc(-c2n[nH]cc2-c2ccnc(Nc3ccc(OCCN4CCOCC4)cc3)n2)c1. The number of H-pyrrole nitrogens is 1. The highest BCUT2D eigenvalue weighted by atomic mass is 16.5. The molecule has 1 fully saturated rings. The molecule has 1 aliphatic heterocycles. The molecule has 168 valence electrons. The Hall–Kier alpha value is -3.82. The molecule has 0 atom stereocenters. The molecule has 9 heteroatoms. The summed E-state index contributed by atoms with van der Waals surface area (Å²) in [5.74, 6) is 1.34. The number of aromatic nitrogens is 5. The average Bonchev–Trinajstić information content (AvgIpc) is 3.37. The fourth-order valence-corrected chi connectivity index (χ4v) is 3.66. The van der Waals surface area contributed by atoms with Crippen LogP contribution in [0.25, 0.3) is 22.5 Å². The third kappa shape index (κ3) is 5.33. The van der Waals surface area contributed by atoms with E-state index in [2.05, 4.69) is 35.4 Å². The average molecular weight is 444 g/mol. The van der Waals surface area contributed by atoms with Gasteiger partial charge in [0.2, 0.25) is 5.95 Å². The Labute approximate surface area is 191 Å². The number of ether oxygens (including phenoxy) is 2. The molecule has 5 rings (SSSR count). The van der Waals surface area contributed by atoms with Gasteiger partial charge in [-0.1, -0.05) is 0 Å². The summed E-state index contributed by atoms with van der Waals surface area (Å²) in [5, 5.41) is 10.6. The lowest BCUT2D eigenvalue weighted by atomic mass is 10.1. The van der Waals surface area contributed by atoms with E-state index in [0.717, 1.165) is 66.8 Å². The Kier molecular flexibility index (Phi) is 6.51. The zero-order valence-corrected chi connectivity index (χ0v) is 18.1. The fourth-order valence-electron chi connectivity index (χ4n) is 3.66. The predicted octanol–water partition coefficient (Wildman–Crippen LogP) is 3.38. The van der Waals surface area contributed by atoms with E-state index in [1.165, 1.54) is 0 Å². The van der Waals surface area contributed by atoms with E-state index in [9.17, 15) is 0 Å². The van der Waals surface area contributed by atoms with E-state index in [4.69, 9.17) is 9.47 Å². The molecular formula is C24H25N7O2. The lowest BCUT2D eigenvalue weighted by Crippen LogP contribution is -2.38. The lowest BCUT2D eigenvalue weighted by Gasteiger charge is -2.26. The molecule has 0 aliphatic carbocycles. The van der Waals surface area contributed by atoms with Crippen LogP contribution >= 0.6 is 0 Å². The van der Waals surface area contributed by atoms with Gasteiger partial charge in [0, 0.05) is 61.2 Å². The normalized spacial score (nSPS) is 14.2. The van der Waals surface area contributed by atoms with Gasteiger partial charge in [0.1, 0.15) is 18.1 Å². The standard InChI is InChI=1S/C24H25N7O2/c1-2-18(16-25-8-1)23-21(17-27-30-23)22-7-9-26-24(29-22)28-19-3-5-20(6-4-19)33-15-12-31-10-13-32-14-11-31/h1-9,16-17H,10-15H2,(H,27,30)(H,26,28,29). The van der Waals surface area contributed by atoms with Crippen LogP contribution in [0.1, 0.15) is 0 Å². The molecule has 0 spiro atoms. The minimum Gasteiger partial charge on any atom is -0.492 e. The van der Waals surface area contributed by atoms with Crippen molar-refractivity contribution in [3.05, 3.63) is 67.3 Å². The van der Waals surface area contributed by atoms with Crippen molar-refractivity contribution in [2.45, 2.75) is 0 Å². The molecule has 4 aromatic rings. The summed E-state index contributed by atoms with van der Waals surface area (Å²) in [6.07, 6.45) is 7.08. The number of morpholine rings is 1. The van der Waals surface area contributed by atoms with Gasteiger partial charge >= 0.3 is 0 Å². The van der Waals surface area contributed by atoms with E-state index in [-0.39, 0.29) is 0 Å². The topological polar surface area (TPSA) is 101 Å². The van der Waals surface area contributed by atoms with Gasteiger partial charge in [-0.05, 0) is 42.5 Å². The summed E-state index contributed by atoms with van der Waals surface area (Å²) >= 11 is 0. The molecule has 1 saturated heterocycles. The molecule has 0 amide bonds. The van der Waals surface area contributed by atoms with Crippen LogP contribution in [0, 0.1) is 0 Å². The number of hydrogen-bond acceptors (Lipinski definition) is 8. The molecule has 2 N–H and O–H groups in total. The van der Waals surface area contributed by atoms with Gasteiger partial charge < -0.3 is 14.8 Å². The highest BCUT2D eigenvalue weighted by molar-refractivity contribution is 5.78. The van der Waals surface area contributed by atoms with Crippen molar-refractivity contribution in [1.82, 2.24) is 30.0 Å². The van der Waals surface area contributed by atoms with Crippen molar-refractivity contribution >= 4 is 11.6 Å². The fraction of sp³-hybridized carbons (Fsp3) is 0.250. The summed E-state index contributed by atoms with van der Waals surface area (Å²) in [4.78, 5) is 15.6. The van der Waals surface area contributed by atoms with E-state index >= 15 is 0 Å². The third-order valence-corrected chi connectivity index (χ3v) is 5.40. The summed E-state index contributed by atoms with van der Waals surface area (Å²) in [6.45, 7) is 5.09. The zero-order chi connectivity index (χ0) is 22.3. The maximum Gasteiger partial charge on any atom is 0.227 e. The Morgan fingerprint density at radius 2 is 1.94 bits per heavy atom. The van der Waals surface area contributed by atoms with Crippen LogP contribution in [0.4, 0.5) is 11.6 Å². The minimum absolute atomic E-state index is 0.506. The van der Waals surface area contributed by atoms with Gasteiger partial charge in [-0.2, -0.15) is 5.10 Å². The van der Waals surface area contributed by atoms with Crippen LogP contribution < -0.4 is 10.1 Å². The van der Waals surface area contributed by atoms with E-state index in [1.807, 2.05) is 48.7 Å². The van der Waals surface area contributed by atoms with E-state index in [1.54, 1.807) is 18.6 Å². The predicted molar refractivity (Wildman–Crippen MR) is 125 cm³/mol. The number of pyridine rings is 1. The number of benzene rings is 1. The van der Waals surface area contributed by atoms with Crippen molar-refractivity contribution in [1.29, 1.82) is 0 Å². The molecule has 3 aromatic heterocycles. The van der Waals surface area contributed by atoms with Crippen LogP contribution in [-0.4, -0.2) is 69.5 Å². The van der Waals surface area contributed by atoms with Crippen LogP contribution in [0.5, 0.6) is 5.75 Å². The smallest absolute Gasteiger partial charge is 0.227 e. The van der Waals surface area contributed by atoms with Crippen molar-refractivity contribution in [2.75, 3.05) is 44.8 Å². The summed E-state index contributed by atoms with van der Waals surface area (Å²) in [7, 11) is 0. The van der Waals surface area contributed by atoms with Crippen molar-refractivity contribution in [3.63, 3.8) is 0 Å². The van der Waals surface area contributed by atoms with Gasteiger partial charge in [-0.25, -0.2) is 9.97 Å². The zero-order valence-electron chi connectivity index (χ0n) is 18.1. The number of rotatable bonds is 8. The molecule has 9 nitrogen and oxygen atoms in total. The quantitative estimate of drug-likeness (QED) is 0.427. The minimum atomic E-state index is 0.506. The Balaban J connectivity index is 1.22. The van der Waals surface area contributed by atoms with Gasteiger partial charge in [0.05, 0.1) is 18.9 Å². The molecule has 33 heavy (non-hydrogen) atoms. The lowest BCUT2D eigenvalue weighted by molar-refractivity contribution is 0.0322. The second kappa shape index (κ2) is 10.2. The van der Waals surface area contributed by atoms with Crippen molar-refractivity contribution in [3.8, 4) is 28.3 Å². The molecule has 0 saturated carbocycles. The highest BCUT2D eigenvalue weighted by Crippen LogP contribution is 2.29. The van der Waals surface area contributed by atoms with Crippen LogP contribution in [0.15, 0.2) is 67.3 Å². The Morgan fingerprint density at radius 3 is 2.76 bits per heavy atom. The Bertz CT molecular complexity index is 1160. The van der Waals surface area contributed by atoms with E-state index in [0.29, 0.717) is 12.6 Å². The number of nitrogens with zero attached hydrogens (tertiary/aromatic N) is 5. The molecule has 0 unspecified atom stereocenters. The first-order chi connectivity index (χ1) is 16.3. The van der Waals surface area contributed by atoms with Gasteiger partial charge in [-0.15, -0.1) is 0 Å². The molecule has 1 aliphatic rings. The molecule has 0 radical (unpaired) electrons. The van der Waals surface area contributed by atoms with E-state index < -0.39 is 0 Å². The van der Waals surface area contributed by atoms with Crippen molar-refractivity contribution in [2.24, 2.45) is 0 Å². The first-order valence-corrected chi connectivity index (χ1v) is 10.9. The molecule has 4 heterocycles. The second-order valence-electron chi connectivity index (χ2n) is 7.61. The number of anilines is 2. The first-order valence-electron chi connectivity index (χ1n) is 10.9. The largest absolute Gasteiger partial charge is 0.492 e. The molecule has 1 aromatic carbocycles. The maximum atomic E-state index is 5.88. The molecule has 0 bridgehead atoms. The van der Waals surface area contributed by atoms with Gasteiger partial charge in [0.15, 0.2) is 0 Å². The van der Waals surface area contributed by atoms with Gasteiger partial charge in [-0.3, -0.25) is 15.0 Å². The van der Waals surface area contributed by atoms with Crippen LogP contribution in [0.3, 0.4) is 0 Å². The first kappa shape index (κ1) is 21.0. The molecular weight excluding hydrogens is 418 g/mol. The summed E-state index contributed by atoms with van der Waals surface area (Å²) in [6, 6.07) is 13.5. The van der Waals surface area contributed by atoms with Crippen LogP contribution in [0.2, 0.25) is 0 Å². The summed E-state index contributed by atoms with van der Waals surface area (Å²) in [5.41, 5.74) is 4.26. The second-order valence-corrected chi connectivity index (χ2v) is 7.61. The summed E-state index contributed by atoms with van der Waals surface area (Å²) < 4.78 is 11.3.